The smallest absolute Gasteiger partial charge is 0.224 e. The lowest BCUT2D eigenvalue weighted by molar-refractivity contribution is -0.131. The number of nitrogens with zero attached hydrogens (tertiary/aromatic N) is 4. The molecule has 1 aromatic heterocycles. The van der Waals surface area contributed by atoms with Crippen LogP contribution in [0.15, 0.2) is 24.4 Å². The van der Waals surface area contributed by atoms with Crippen LogP contribution in [0, 0.1) is 0 Å². The Morgan fingerprint density at radius 3 is 2.52 bits per heavy atom. The van der Waals surface area contributed by atoms with Gasteiger partial charge in [0.1, 0.15) is 5.82 Å². The number of aromatic nitrogens is 1. The van der Waals surface area contributed by atoms with E-state index in [1.165, 1.54) is 11.4 Å². The lowest BCUT2D eigenvalue weighted by Crippen LogP contribution is -2.49. The molecule has 2 heterocycles. The predicted octanol–water partition coefficient (Wildman–Crippen LogP) is 0.0283. The first-order valence-corrected chi connectivity index (χ1v) is 10.1. The van der Waals surface area contributed by atoms with E-state index in [1.807, 2.05) is 18.2 Å². The van der Waals surface area contributed by atoms with Crippen molar-refractivity contribution in [3.05, 3.63) is 24.4 Å². The van der Waals surface area contributed by atoms with E-state index < -0.39 is 10.0 Å². The third kappa shape index (κ3) is 5.94. The number of sulfonamides is 1. The van der Waals surface area contributed by atoms with Crippen LogP contribution in [0.3, 0.4) is 0 Å². The van der Waals surface area contributed by atoms with Crippen molar-refractivity contribution >= 4 is 21.7 Å². The fourth-order valence-corrected chi connectivity index (χ4v) is 3.57. The van der Waals surface area contributed by atoms with Gasteiger partial charge in [0, 0.05) is 59.0 Å². The molecule has 8 nitrogen and oxygen atoms in total. The van der Waals surface area contributed by atoms with Crippen molar-refractivity contribution in [3.8, 4) is 0 Å². The van der Waals surface area contributed by atoms with Gasteiger partial charge in [0.15, 0.2) is 0 Å². The van der Waals surface area contributed by atoms with Gasteiger partial charge in [0.25, 0.3) is 0 Å². The van der Waals surface area contributed by atoms with Gasteiger partial charge in [0.05, 0.1) is 12.9 Å². The highest BCUT2D eigenvalue weighted by atomic mass is 32.2. The molecule has 0 N–H and O–H groups in total. The molecular formula is C16H26N4O4S. The van der Waals surface area contributed by atoms with Crippen molar-refractivity contribution in [3.63, 3.8) is 0 Å². The average molecular weight is 370 g/mol. The van der Waals surface area contributed by atoms with Crippen LogP contribution in [0.2, 0.25) is 0 Å². The van der Waals surface area contributed by atoms with Crippen LogP contribution in [-0.4, -0.2) is 87.8 Å². The molecule has 1 aliphatic heterocycles. The summed E-state index contributed by atoms with van der Waals surface area (Å²) in [4.78, 5) is 20.6. The Hall–Kier alpha value is -1.71. The molecule has 140 valence electrons. The second kappa shape index (κ2) is 9.12. The van der Waals surface area contributed by atoms with Gasteiger partial charge in [-0.3, -0.25) is 4.79 Å². The van der Waals surface area contributed by atoms with Gasteiger partial charge in [-0.1, -0.05) is 6.07 Å². The first kappa shape index (κ1) is 19.6. The molecule has 1 saturated heterocycles. The van der Waals surface area contributed by atoms with E-state index in [4.69, 9.17) is 4.74 Å². The maximum atomic E-state index is 12.4. The Morgan fingerprint density at radius 2 is 1.96 bits per heavy atom. The van der Waals surface area contributed by atoms with Crippen molar-refractivity contribution in [2.45, 2.75) is 6.42 Å². The molecule has 1 aromatic rings. The molecule has 1 fully saturated rings. The van der Waals surface area contributed by atoms with Gasteiger partial charge in [0.2, 0.25) is 15.9 Å². The highest BCUT2D eigenvalue weighted by Crippen LogP contribution is 2.13. The number of anilines is 1. The zero-order valence-corrected chi connectivity index (χ0v) is 15.6. The minimum Gasteiger partial charge on any atom is -0.383 e. The average Bonchev–Trinajstić information content (AvgIpc) is 2.61. The molecule has 0 aromatic carbocycles. The van der Waals surface area contributed by atoms with Crippen LogP contribution in [0.1, 0.15) is 6.42 Å². The molecule has 0 spiro atoms. The number of piperazine rings is 1. The van der Waals surface area contributed by atoms with Gasteiger partial charge in [-0.2, -0.15) is 4.31 Å². The molecule has 0 radical (unpaired) electrons. The summed E-state index contributed by atoms with van der Waals surface area (Å²) >= 11 is 0. The van der Waals surface area contributed by atoms with Crippen LogP contribution >= 0.6 is 0 Å². The summed E-state index contributed by atoms with van der Waals surface area (Å²) in [5, 5.41) is 0. The second-order valence-electron chi connectivity index (χ2n) is 5.96. The van der Waals surface area contributed by atoms with Crippen LogP contribution in [-0.2, 0) is 19.6 Å². The summed E-state index contributed by atoms with van der Waals surface area (Å²) in [6.07, 6.45) is 3.09. The van der Waals surface area contributed by atoms with E-state index in [9.17, 15) is 13.2 Å². The van der Waals surface area contributed by atoms with Gasteiger partial charge in [-0.05, 0) is 12.1 Å². The quantitative estimate of drug-likeness (QED) is 0.642. The number of hydrogen-bond acceptors (Lipinski definition) is 6. The fourth-order valence-electron chi connectivity index (χ4n) is 2.74. The zero-order chi connectivity index (χ0) is 18.3. The van der Waals surface area contributed by atoms with E-state index in [0.29, 0.717) is 19.7 Å². The Labute approximate surface area is 149 Å². The maximum absolute atomic E-state index is 12.4. The number of amides is 1. The Kier molecular flexibility index (Phi) is 7.15. The van der Waals surface area contributed by atoms with Crippen molar-refractivity contribution < 1.29 is 17.9 Å². The van der Waals surface area contributed by atoms with E-state index in [-0.39, 0.29) is 25.4 Å². The molecule has 1 amide bonds. The molecule has 0 unspecified atom stereocenters. The number of carbonyl (C=O) groups excluding carboxylic acids is 1. The third-order valence-electron chi connectivity index (χ3n) is 4.19. The number of methoxy groups -OCH3 is 1. The maximum Gasteiger partial charge on any atom is 0.224 e. The predicted molar refractivity (Wildman–Crippen MR) is 95.9 cm³/mol. The summed E-state index contributed by atoms with van der Waals surface area (Å²) in [6.45, 7) is 3.44. The van der Waals surface area contributed by atoms with Gasteiger partial charge < -0.3 is 14.5 Å². The van der Waals surface area contributed by atoms with Crippen molar-refractivity contribution in [1.82, 2.24) is 14.2 Å². The van der Waals surface area contributed by atoms with Crippen LogP contribution < -0.4 is 4.90 Å². The van der Waals surface area contributed by atoms with E-state index >= 15 is 0 Å². The SMILES string of the molecule is COCCN(CCC(=O)N1CCN(c2ccccn2)CC1)S(C)(=O)=O. The highest BCUT2D eigenvalue weighted by Gasteiger charge is 2.23. The largest absolute Gasteiger partial charge is 0.383 e. The number of carbonyl (C=O) groups is 1. The Balaban J connectivity index is 1.82. The summed E-state index contributed by atoms with van der Waals surface area (Å²) in [5.41, 5.74) is 0. The van der Waals surface area contributed by atoms with Crippen LogP contribution in [0.5, 0.6) is 0 Å². The monoisotopic (exact) mass is 370 g/mol. The van der Waals surface area contributed by atoms with Crippen molar-refractivity contribution in [2.75, 3.05) is 64.1 Å². The lowest BCUT2D eigenvalue weighted by atomic mass is 10.2. The molecule has 0 saturated carbocycles. The van der Waals surface area contributed by atoms with E-state index in [1.54, 1.807) is 11.1 Å². The van der Waals surface area contributed by atoms with Crippen molar-refractivity contribution in [2.24, 2.45) is 0 Å². The number of pyridine rings is 1. The first-order valence-electron chi connectivity index (χ1n) is 8.29. The zero-order valence-electron chi connectivity index (χ0n) is 14.8. The summed E-state index contributed by atoms with van der Waals surface area (Å²) < 4.78 is 29.7. The molecule has 25 heavy (non-hydrogen) atoms. The van der Waals surface area contributed by atoms with E-state index in [2.05, 4.69) is 9.88 Å². The van der Waals surface area contributed by atoms with Gasteiger partial charge >= 0.3 is 0 Å². The highest BCUT2D eigenvalue weighted by molar-refractivity contribution is 7.88. The van der Waals surface area contributed by atoms with Gasteiger partial charge in [-0.25, -0.2) is 13.4 Å². The normalized spacial score (nSPS) is 15.6. The minimum atomic E-state index is -3.34. The van der Waals surface area contributed by atoms with Crippen LogP contribution in [0.4, 0.5) is 5.82 Å². The Morgan fingerprint density at radius 1 is 1.24 bits per heavy atom. The number of rotatable bonds is 8. The minimum absolute atomic E-state index is 0.0215. The molecule has 0 atom stereocenters. The molecule has 0 bridgehead atoms. The molecular weight excluding hydrogens is 344 g/mol. The number of hydrogen-bond donors (Lipinski definition) is 0. The molecule has 0 aliphatic carbocycles. The van der Waals surface area contributed by atoms with Crippen LogP contribution in [0.25, 0.3) is 0 Å². The third-order valence-corrected chi connectivity index (χ3v) is 5.50. The standard InChI is InChI=1S/C16H26N4O4S/c1-24-14-13-20(25(2,22)23)8-6-16(21)19-11-9-18(10-12-19)15-5-3-4-7-17-15/h3-5,7H,6,8-14H2,1-2H3. The fraction of sp³-hybridized carbons (Fsp3) is 0.625. The van der Waals surface area contributed by atoms with Gasteiger partial charge in [-0.15, -0.1) is 0 Å². The summed E-state index contributed by atoms with van der Waals surface area (Å²) in [7, 11) is -1.82. The van der Waals surface area contributed by atoms with Crippen molar-refractivity contribution in [1.29, 1.82) is 0 Å². The Bertz CT molecular complexity index is 645. The molecule has 1 aliphatic rings. The summed E-state index contributed by atoms with van der Waals surface area (Å²) in [5.74, 6) is 0.893. The molecule has 2 rings (SSSR count). The number of ether oxygens (including phenoxy) is 1. The lowest BCUT2D eigenvalue weighted by Gasteiger charge is -2.35. The second-order valence-corrected chi connectivity index (χ2v) is 7.94. The topological polar surface area (TPSA) is 83.1 Å². The molecule has 9 heteroatoms. The summed E-state index contributed by atoms with van der Waals surface area (Å²) in [6, 6.07) is 5.78. The first-order chi connectivity index (χ1) is 11.9. The van der Waals surface area contributed by atoms with E-state index in [0.717, 1.165) is 25.2 Å².